The highest BCUT2D eigenvalue weighted by molar-refractivity contribution is 6.06. The number of hydroxylamine groups is 1. The van der Waals surface area contributed by atoms with E-state index in [9.17, 15) is 9.18 Å². The molecule has 0 spiro atoms. The molecule has 1 aliphatic carbocycles. The maximum absolute atomic E-state index is 14.3. The fraction of sp³-hybridized carbons (Fsp3) is 0.400. The van der Waals surface area contributed by atoms with Crippen LogP contribution in [0.4, 0.5) is 10.1 Å². The zero-order chi connectivity index (χ0) is 20.6. The van der Waals surface area contributed by atoms with Crippen LogP contribution in [0.1, 0.15) is 41.5 Å². The molecule has 0 saturated carbocycles. The van der Waals surface area contributed by atoms with E-state index in [1.165, 1.54) is 19.2 Å². The van der Waals surface area contributed by atoms with E-state index >= 15 is 0 Å². The van der Waals surface area contributed by atoms with E-state index in [-0.39, 0.29) is 11.4 Å². The van der Waals surface area contributed by atoms with Gasteiger partial charge in [-0.15, -0.1) is 0 Å². The van der Waals surface area contributed by atoms with Crippen LogP contribution in [0.2, 0.25) is 0 Å². The number of H-pyrrole nitrogens is 1. The molecule has 8 nitrogen and oxygen atoms in total. The fourth-order valence-corrected chi connectivity index (χ4v) is 3.10. The Kier molecular flexibility index (Phi) is 7.20. The van der Waals surface area contributed by atoms with Crippen molar-refractivity contribution in [3.63, 3.8) is 0 Å². The summed E-state index contributed by atoms with van der Waals surface area (Å²) in [5, 5.41) is 12.9. The fourth-order valence-electron chi connectivity index (χ4n) is 3.10. The predicted molar refractivity (Wildman–Crippen MR) is 108 cm³/mol. The van der Waals surface area contributed by atoms with Gasteiger partial charge < -0.3 is 15.4 Å². The Balaban J connectivity index is 1.65. The molecule has 156 valence electrons. The van der Waals surface area contributed by atoms with Crippen molar-refractivity contribution in [1.29, 1.82) is 0 Å². The third kappa shape index (κ3) is 5.12. The van der Waals surface area contributed by atoms with Gasteiger partial charge in [-0.05, 0) is 37.9 Å². The molecule has 1 aromatic carbocycles. The summed E-state index contributed by atoms with van der Waals surface area (Å²) < 4.78 is 19.7. The lowest BCUT2D eigenvalue weighted by Crippen LogP contribution is -2.21. The van der Waals surface area contributed by atoms with Gasteiger partial charge in [0.15, 0.2) is 17.3 Å². The lowest BCUT2D eigenvalue weighted by Gasteiger charge is -2.15. The monoisotopic (exact) mass is 403 g/mol. The molecule has 29 heavy (non-hydrogen) atoms. The highest BCUT2D eigenvalue weighted by Crippen LogP contribution is 2.27. The van der Waals surface area contributed by atoms with Crippen molar-refractivity contribution in [2.45, 2.75) is 26.2 Å². The quantitative estimate of drug-likeness (QED) is 0.359. The molecule has 0 fully saturated rings. The number of allylic oxidation sites excluding steroid dienone is 1. The lowest BCUT2D eigenvalue weighted by molar-refractivity contribution is 0.102. The number of halogens is 1. The number of nitrogens with zero attached hydrogens (tertiary/aromatic N) is 1. The summed E-state index contributed by atoms with van der Waals surface area (Å²) in [6, 6.07) is 4.33. The molecule has 2 aromatic rings. The lowest BCUT2D eigenvalue weighted by atomic mass is 9.99. The minimum atomic E-state index is -0.538. The minimum absolute atomic E-state index is 0.146. The number of aryl methyl sites for hydroxylation is 1. The number of hydrogen-bond acceptors (Lipinski definition) is 6. The minimum Gasteiger partial charge on any atom is -0.489 e. The molecule has 9 heteroatoms. The van der Waals surface area contributed by atoms with Crippen LogP contribution in [-0.4, -0.2) is 42.9 Å². The van der Waals surface area contributed by atoms with Gasteiger partial charge in [0.25, 0.3) is 5.91 Å². The third-order valence-electron chi connectivity index (χ3n) is 4.43. The van der Waals surface area contributed by atoms with E-state index < -0.39 is 11.7 Å². The average molecular weight is 403 g/mol. The van der Waals surface area contributed by atoms with E-state index in [1.54, 1.807) is 6.07 Å². The van der Waals surface area contributed by atoms with Crippen molar-refractivity contribution in [1.82, 2.24) is 21.0 Å². The van der Waals surface area contributed by atoms with Crippen molar-refractivity contribution in [2.24, 2.45) is 0 Å². The van der Waals surface area contributed by atoms with Gasteiger partial charge in [-0.25, -0.2) is 4.39 Å². The van der Waals surface area contributed by atoms with Gasteiger partial charge in [-0.2, -0.15) is 5.10 Å². The number of aromatic amines is 1. The van der Waals surface area contributed by atoms with E-state index in [4.69, 9.17) is 9.57 Å². The number of hydrogen-bond donors (Lipinski definition) is 4. The van der Waals surface area contributed by atoms with Crippen molar-refractivity contribution >= 4 is 17.3 Å². The molecule has 0 radical (unpaired) electrons. The van der Waals surface area contributed by atoms with E-state index in [0.29, 0.717) is 30.1 Å². The van der Waals surface area contributed by atoms with Crippen LogP contribution >= 0.6 is 0 Å². The van der Waals surface area contributed by atoms with Crippen molar-refractivity contribution in [3.05, 3.63) is 47.0 Å². The van der Waals surface area contributed by atoms with Crippen molar-refractivity contribution in [3.8, 4) is 5.75 Å². The first-order valence-electron chi connectivity index (χ1n) is 9.65. The van der Waals surface area contributed by atoms with Gasteiger partial charge in [-0.3, -0.25) is 20.2 Å². The number of carbonyl (C=O) groups excluding carboxylic acids is 1. The smallest absolute Gasteiger partial charge is 0.276 e. The maximum atomic E-state index is 14.3. The Morgan fingerprint density at radius 3 is 2.97 bits per heavy atom. The van der Waals surface area contributed by atoms with Gasteiger partial charge in [0.2, 0.25) is 0 Å². The molecule has 1 aliphatic rings. The second kappa shape index (κ2) is 10.0. The van der Waals surface area contributed by atoms with E-state index in [2.05, 4.69) is 33.2 Å². The normalized spacial score (nSPS) is 12.9. The summed E-state index contributed by atoms with van der Waals surface area (Å²) >= 11 is 0. The second-order valence-corrected chi connectivity index (χ2v) is 6.59. The molecule has 4 N–H and O–H groups in total. The first-order chi connectivity index (χ1) is 14.1. The Morgan fingerprint density at radius 1 is 1.34 bits per heavy atom. The zero-order valence-corrected chi connectivity index (χ0v) is 16.6. The van der Waals surface area contributed by atoms with Crippen molar-refractivity contribution < 1.29 is 18.8 Å². The van der Waals surface area contributed by atoms with Gasteiger partial charge in [0.1, 0.15) is 6.61 Å². The molecule has 1 heterocycles. The largest absolute Gasteiger partial charge is 0.489 e. The zero-order valence-electron chi connectivity index (χ0n) is 16.6. The van der Waals surface area contributed by atoms with Gasteiger partial charge in [0.05, 0.1) is 18.4 Å². The van der Waals surface area contributed by atoms with E-state index in [1.807, 2.05) is 6.08 Å². The number of nitrogens with one attached hydrogen (secondary N) is 4. The standard InChI is InChI=1S/C20H26FN5O3/c1-3-9-22-10-11-29-17-8-7-13(12-14(17)21)23-20(27)19-18-15(24-25-19)5-4-6-16(18)26-28-2/h6-8,12,22,26H,3-5,9-11H2,1-2H3,(H,23,27)(H,24,25). The first kappa shape index (κ1) is 20.8. The number of benzene rings is 1. The number of ether oxygens (including phenoxy) is 1. The van der Waals surface area contributed by atoms with Crippen LogP contribution < -0.4 is 20.9 Å². The SMILES string of the molecule is CCCNCCOc1ccc(NC(=O)c2n[nH]c3c2C(NOC)=CCC3)cc1F. The molecular formula is C20H26FN5O3. The molecule has 0 bridgehead atoms. The molecule has 0 aliphatic heterocycles. The van der Waals surface area contributed by atoms with Crippen LogP contribution in [0.25, 0.3) is 5.70 Å². The first-order valence-corrected chi connectivity index (χ1v) is 9.65. The summed E-state index contributed by atoms with van der Waals surface area (Å²) in [5.41, 5.74) is 5.51. The highest BCUT2D eigenvalue weighted by atomic mass is 19.1. The van der Waals surface area contributed by atoms with Crippen LogP contribution in [0.15, 0.2) is 24.3 Å². The van der Waals surface area contributed by atoms with E-state index in [0.717, 1.165) is 31.5 Å². The number of fused-ring (bicyclic) bond motifs is 1. The van der Waals surface area contributed by atoms with Crippen LogP contribution in [0.5, 0.6) is 5.75 Å². The maximum Gasteiger partial charge on any atom is 0.276 e. The molecule has 1 amide bonds. The second-order valence-electron chi connectivity index (χ2n) is 6.59. The van der Waals surface area contributed by atoms with Crippen LogP contribution in [-0.2, 0) is 11.3 Å². The topological polar surface area (TPSA) is 100 Å². The van der Waals surface area contributed by atoms with Crippen LogP contribution in [0.3, 0.4) is 0 Å². The molecule has 1 aromatic heterocycles. The Morgan fingerprint density at radius 2 is 2.21 bits per heavy atom. The summed E-state index contributed by atoms with van der Waals surface area (Å²) in [5.74, 6) is -0.831. The molecular weight excluding hydrogens is 377 g/mol. The number of rotatable bonds is 10. The van der Waals surface area contributed by atoms with Crippen molar-refractivity contribution in [2.75, 3.05) is 32.1 Å². The summed E-state index contributed by atoms with van der Waals surface area (Å²) in [6.45, 7) is 3.97. The Hall–Kier alpha value is -2.91. The Bertz CT molecular complexity index is 881. The summed E-state index contributed by atoms with van der Waals surface area (Å²) in [7, 11) is 1.50. The molecule has 0 saturated heterocycles. The summed E-state index contributed by atoms with van der Waals surface area (Å²) in [6.07, 6.45) is 4.53. The molecule has 0 unspecified atom stereocenters. The average Bonchev–Trinajstić information content (AvgIpc) is 3.15. The van der Waals surface area contributed by atoms with Crippen LogP contribution in [0, 0.1) is 5.82 Å². The predicted octanol–water partition coefficient (Wildman–Crippen LogP) is 2.62. The Labute approximate surface area is 168 Å². The highest BCUT2D eigenvalue weighted by Gasteiger charge is 2.25. The molecule has 0 atom stereocenters. The van der Waals surface area contributed by atoms with Gasteiger partial charge >= 0.3 is 0 Å². The summed E-state index contributed by atoms with van der Waals surface area (Å²) in [4.78, 5) is 17.7. The number of carbonyl (C=O) groups is 1. The van der Waals surface area contributed by atoms with Gasteiger partial charge in [-0.1, -0.05) is 13.0 Å². The number of anilines is 1. The van der Waals surface area contributed by atoms with Gasteiger partial charge in [0, 0.05) is 24.0 Å². The number of aromatic nitrogens is 2. The number of amides is 1. The third-order valence-corrected chi connectivity index (χ3v) is 4.43. The molecule has 3 rings (SSSR count).